The summed E-state index contributed by atoms with van der Waals surface area (Å²) in [5.74, 6) is -0.442. The number of aromatic nitrogens is 2. The number of amides is 2. The van der Waals surface area contributed by atoms with Gasteiger partial charge in [0.1, 0.15) is 29.9 Å². The maximum atomic E-state index is 13.1. The molecule has 0 saturated carbocycles. The molecule has 1 aromatic carbocycles. The van der Waals surface area contributed by atoms with E-state index in [1.54, 1.807) is 36.4 Å². The fourth-order valence-electron chi connectivity index (χ4n) is 3.20. The van der Waals surface area contributed by atoms with Crippen LogP contribution in [-0.2, 0) is 29.2 Å². The van der Waals surface area contributed by atoms with E-state index in [4.69, 9.17) is 8.83 Å². The topological polar surface area (TPSA) is 128 Å². The van der Waals surface area contributed by atoms with Gasteiger partial charge in [0.15, 0.2) is 0 Å². The summed E-state index contributed by atoms with van der Waals surface area (Å²) in [4.78, 5) is 50.3. The van der Waals surface area contributed by atoms with E-state index < -0.39 is 29.6 Å². The number of likely N-dealkylation sites (N-methyl/N-ethyl adjacent to an activating group) is 1. The molecular formula is C20H18N4O6. The van der Waals surface area contributed by atoms with Gasteiger partial charge in [-0.3, -0.25) is 19.0 Å². The predicted molar refractivity (Wildman–Crippen MR) is 107 cm³/mol. The van der Waals surface area contributed by atoms with Crippen LogP contribution in [0.1, 0.15) is 5.76 Å². The molecule has 0 spiro atoms. The van der Waals surface area contributed by atoms with Crippen molar-refractivity contribution in [2.45, 2.75) is 19.6 Å². The maximum absolute atomic E-state index is 13.1. The molecule has 0 aliphatic carbocycles. The molecule has 2 amide bonds. The molecule has 10 nitrogen and oxygen atoms in total. The number of carbonyl (C=O) groups is 2. The zero-order valence-electron chi connectivity index (χ0n) is 16.0. The summed E-state index contributed by atoms with van der Waals surface area (Å²) in [6.45, 7) is -0.712. The average Bonchev–Trinajstić information content (AvgIpc) is 3.40. The van der Waals surface area contributed by atoms with Crippen molar-refractivity contribution in [2.75, 3.05) is 7.05 Å². The van der Waals surface area contributed by atoms with Crippen LogP contribution in [0.4, 0.5) is 0 Å². The first-order valence-corrected chi connectivity index (χ1v) is 9.14. The van der Waals surface area contributed by atoms with Crippen molar-refractivity contribution in [3.63, 3.8) is 0 Å². The molecule has 0 atom stereocenters. The third-order valence-electron chi connectivity index (χ3n) is 4.66. The minimum atomic E-state index is -0.782. The van der Waals surface area contributed by atoms with E-state index in [1.165, 1.54) is 13.3 Å². The molecule has 10 heteroatoms. The van der Waals surface area contributed by atoms with Crippen LogP contribution in [0.3, 0.4) is 0 Å². The number of fused-ring (bicyclic) bond motifs is 3. The number of benzene rings is 1. The summed E-state index contributed by atoms with van der Waals surface area (Å²) < 4.78 is 12.7. The largest absolute Gasteiger partial charge is 0.467 e. The molecule has 0 unspecified atom stereocenters. The lowest BCUT2D eigenvalue weighted by molar-refractivity contribution is -0.122. The van der Waals surface area contributed by atoms with Gasteiger partial charge in [0.05, 0.1) is 12.8 Å². The zero-order valence-corrected chi connectivity index (χ0v) is 16.0. The van der Waals surface area contributed by atoms with Gasteiger partial charge in [0.2, 0.25) is 17.4 Å². The molecule has 0 bridgehead atoms. The summed E-state index contributed by atoms with van der Waals surface area (Å²) >= 11 is 0. The second-order valence-electron chi connectivity index (χ2n) is 6.57. The number of para-hydroxylation sites is 1. The van der Waals surface area contributed by atoms with E-state index in [1.807, 2.05) is 0 Å². The molecule has 0 radical (unpaired) electrons. The fourth-order valence-corrected chi connectivity index (χ4v) is 3.20. The Morgan fingerprint density at radius 3 is 2.50 bits per heavy atom. The second kappa shape index (κ2) is 7.74. The van der Waals surface area contributed by atoms with E-state index >= 15 is 0 Å². The standard InChI is InChI=1S/C20H18N4O6/c1-21-15(25)10-24-19(27)18-17(13-6-2-3-7-14(13)30-18)23(20(24)28)11-16(26)22-9-12-5-4-8-29-12/h2-8H,9-11H2,1H3,(H,21,25)(H,22,26). The van der Waals surface area contributed by atoms with Gasteiger partial charge in [-0.05, 0) is 24.3 Å². The van der Waals surface area contributed by atoms with E-state index in [0.29, 0.717) is 16.7 Å². The summed E-state index contributed by atoms with van der Waals surface area (Å²) in [7, 11) is 1.40. The Hall–Kier alpha value is -4.08. The lowest BCUT2D eigenvalue weighted by atomic mass is 10.2. The van der Waals surface area contributed by atoms with Crippen molar-refractivity contribution in [3.05, 3.63) is 69.3 Å². The van der Waals surface area contributed by atoms with Crippen molar-refractivity contribution < 1.29 is 18.4 Å². The number of nitrogens with one attached hydrogen (secondary N) is 2. The maximum Gasteiger partial charge on any atom is 0.332 e. The Kier molecular flexibility index (Phi) is 4.97. The summed E-state index contributed by atoms with van der Waals surface area (Å²) in [6.07, 6.45) is 1.49. The lowest BCUT2D eigenvalue weighted by Crippen LogP contribution is -2.44. The highest BCUT2D eigenvalue weighted by Crippen LogP contribution is 2.25. The van der Waals surface area contributed by atoms with E-state index in [2.05, 4.69) is 10.6 Å². The quantitative estimate of drug-likeness (QED) is 0.478. The fraction of sp³-hybridized carbons (Fsp3) is 0.200. The first-order valence-electron chi connectivity index (χ1n) is 9.14. The number of rotatable bonds is 6. The van der Waals surface area contributed by atoms with Gasteiger partial charge < -0.3 is 19.5 Å². The Bertz CT molecular complexity index is 1360. The predicted octanol–water partition coefficient (Wildman–Crippen LogP) is 0.565. The van der Waals surface area contributed by atoms with Crippen LogP contribution in [0.5, 0.6) is 0 Å². The number of hydrogen-bond donors (Lipinski definition) is 2. The molecule has 0 fully saturated rings. The van der Waals surface area contributed by atoms with Crippen molar-refractivity contribution >= 4 is 33.9 Å². The van der Waals surface area contributed by atoms with Crippen molar-refractivity contribution in [3.8, 4) is 0 Å². The lowest BCUT2D eigenvalue weighted by Gasteiger charge is -2.11. The highest BCUT2D eigenvalue weighted by molar-refractivity contribution is 6.02. The van der Waals surface area contributed by atoms with Crippen molar-refractivity contribution in [1.29, 1.82) is 0 Å². The Labute approximate surface area is 168 Å². The highest BCUT2D eigenvalue weighted by atomic mass is 16.3. The second-order valence-corrected chi connectivity index (χ2v) is 6.57. The van der Waals surface area contributed by atoms with Crippen LogP contribution in [-0.4, -0.2) is 28.0 Å². The normalized spacial score (nSPS) is 11.1. The van der Waals surface area contributed by atoms with Crippen LogP contribution in [0, 0.1) is 0 Å². The number of furan rings is 2. The van der Waals surface area contributed by atoms with Gasteiger partial charge in [0.25, 0.3) is 5.56 Å². The number of carbonyl (C=O) groups excluding carboxylic acids is 2. The van der Waals surface area contributed by atoms with E-state index in [0.717, 1.165) is 9.13 Å². The van der Waals surface area contributed by atoms with Gasteiger partial charge in [0, 0.05) is 12.4 Å². The highest BCUT2D eigenvalue weighted by Gasteiger charge is 2.22. The van der Waals surface area contributed by atoms with Gasteiger partial charge in [-0.25, -0.2) is 9.36 Å². The van der Waals surface area contributed by atoms with Gasteiger partial charge in [-0.1, -0.05) is 12.1 Å². The monoisotopic (exact) mass is 410 g/mol. The average molecular weight is 410 g/mol. The van der Waals surface area contributed by atoms with E-state index in [-0.39, 0.29) is 24.2 Å². The third-order valence-corrected chi connectivity index (χ3v) is 4.66. The Balaban J connectivity index is 1.83. The molecule has 154 valence electrons. The van der Waals surface area contributed by atoms with Crippen LogP contribution in [0.25, 0.3) is 22.1 Å². The molecule has 0 saturated heterocycles. The smallest absolute Gasteiger partial charge is 0.332 e. The molecule has 3 heterocycles. The van der Waals surface area contributed by atoms with Gasteiger partial charge in [-0.2, -0.15) is 0 Å². The molecule has 2 N–H and O–H groups in total. The SMILES string of the molecule is CNC(=O)Cn1c(=O)c2oc3ccccc3c2n(CC(=O)NCc2ccco2)c1=O. The Morgan fingerprint density at radius 2 is 1.77 bits per heavy atom. The molecule has 3 aromatic heterocycles. The minimum absolute atomic E-state index is 0.0986. The zero-order chi connectivity index (χ0) is 21.3. The first kappa shape index (κ1) is 19.2. The summed E-state index contributed by atoms with van der Waals surface area (Å²) in [5.41, 5.74) is -1.01. The summed E-state index contributed by atoms with van der Waals surface area (Å²) in [5, 5.41) is 5.55. The Morgan fingerprint density at radius 1 is 1.00 bits per heavy atom. The molecular weight excluding hydrogens is 392 g/mol. The van der Waals surface area contributed by atoms with Crippen LogP contribution < -0.4 is 21.9 Å². The number of hydrogen-bond acceptors (Lipinski definition) is 6. The van der Waals surface area contributed by atoms with Crippen molar-refractivity contribution in [1.82, 2.24) is 19.8 Å². The molecule has 0 aliphatic rings. The van der Waals surface area contributed by atoms with Gasteiger partial charge in [-0.15, -0.1) is 0 Å². The molecule has 0 aliphatic heterocycles. The minimum Gasteiger partial charge on any atom is -0.467 e. The molecule has 4 rings (SSSR count). The van der Waals surface area contributed by atoms with Gasteiger partial charge >= 0.3 is 5.69 Å². The number of nitrogens with zero attached hydrogens (tertiary/aromatic N) is 2. The third kappa shape index (κ3) is 3.39. The molecule has 30 heavy (non-hydrogen) atoms. The van der Waals surface area contributed by atoms with Crippen LogP contribution >= 0.6 is 0 Å². The van der Waals surface area contributed by atoms with Crippen LogP contribution in [0.2, 0.25) is 0 Å². The molecule has 4 aromatic rings. The summed E-state index contributed by atoms with van der Waals surface area (Å²) in [6, 6.07) is 10.2. The first-order chi connectivity index (χ1) is 14.5. The van der Waals surface area contributed by atoms with E-state index in [9.17, 15) is 19.2 Å². The van der Waals surface area contributed by atoms with Crippen LogP contribution in [0.15, 0.2) is 61.1 Å². The van der Waals surface area contributed by atoms with Crippen molar-refractivity contribution in [2.24, 2.45) is 0 Å².